The molecule has 28 heavy (non-hydrogen) atoms. The van der Waals surface area contributed by atoms with E-state index in [9.17, 15) is 9.18 Å². The summed E-state index contributed by atoms with van der Waals surface area (Å²) in [5.41, 5.74) is 3.17. The summed E-state index contributed by atoms with van der Waals surface area (Å²) in [5, 5.41) is 3.09. The molecule has 0 bridgehead atoms. The minimum absolute atomic E-state index is 0.0964. The van der Waals surface area contributed by atoms with E-state index in [4.69, 9.17) is 0 Å². The van der Waals surface area contributed by atoms with Crippen molar-refractivity contribution in [2.24, 2.45) is 7.05 Å². The van der Waals surface area contributed by atoms with Gasteiger partial charge >= 0.3 is 0 Å². The van der Waals surface area contributed by atoms with Gasteiger partial charge in [-0.25, -0.2) is 9.37 Å². The van der Waals surface area contributed by atoms with Gasteiger partial charge in [0.25, 0.3) is 0 Å². The maximum Gasteiger partial charge on any atom is 0.240 e. The number of amides is 1. The average molecular weight is 378 g/mol. The first kappa shape index (κ1) is 18.2. The number of benzene rings is 2. The van der Waals surface area contributed by atoms with Crippen LogP contribution in [-0.2, 0) is 18.3 Å². The Balaban J connectivity index is 1.56. The monoisotopic (exact) mass is 378 g/mol. The summed E-state index contributed by atoms with van der Waals surface area (Å²) in [5.74, 6) is 0.298. The van der Waals surface area contributed by atoms with E-state index in [2.05, 4.69) is 34.3 Å². The average Bonchev–Trinajstić information content (AvgIpc) is 3.24. The molecule has 144 valence electrons. The topological polar surface area (TPSA) is 50.2 Å². The highest BCUT2D eigenvalue weighted by molar-refractivity contribution is 5.83. The Bertz CT molecular complexity index is 982. The third-order valence-electron chi connectivity index (χ3n) is 5.29. The Kier molecular flexibility index (Phi) is 4.86. The zero-order chi connectivity index (χ0) is 19.7. The van der Waals surface area contributed by atoms with Gasteiger partial charge in [0.05, 0.1) is 6.54 Å². The summed E-state index contributed by atoms with van der Waals surface area (Å²) in [6.45, 7) is 2.39. The minimum Gasteiger partial charge on any atom is -0.359 e. The number of fused-ring (bicyclic) bond motifs is 1. The molecule has 2 heterocycles. The van der Waals surface area contributed by atoms with Gasteiger partial charge in [-0.2, -0.15) is 0 Å². The van der Waals surface area contributed by atoms with Gasteiger partial charge in [-0.05, 0) is 42.7 Å². The zero-order valence-electron chi connectivity index (χ0n) is 16.0. The fraction of sp³-hybridized carbons (Fsp3) is 0.273. The molecule has 0 fully saturated rings. The Hall–Kier alpha value is -3.15. The molecule has 0 aliphatic carbocycles. The highest BCUT2D eigenvalue weighted by Gasteiger charge is 2.28. The van der Waals surface area contributed by atoms with Gasteiger partial charge in [-0.15, -0.1) is 0 Å². The molecular formula is C22H23FN4O. The standard InChI is InChI=1S/C22H23FN4O/c1-15-13-17-5-3-4-6-19(17)27(15)14-20(28)25-21(22-24-11-12-26(22)2)16-7-9-18(23)10-8-16/h3-12,15,21H,13-14H2,1-2H3,(H,25,28)/t15-,21-/m1/s1. The van der Waals surface area contributed by atoms with Gasteiger partial charge < -0.3 is 14.8 Å². The van der Waals surface area contributed by atoms with Gasteiger partial charge in [0.2, 0.25) is 5.91 Å². The van der Waals surface area contributed by atoms with Crippen LogP contribution < -0.4 is 10.2 Å². The van der Waals surface area contributed by atoms with Crippen LogP contribution in [0, 0.1) is 5.82 Å². The van der Waals surface area contributed by atoms with Crippen molar-refractivity contribution in [2.75, 3.05) is 11.4 Å². The van der Waals surface area contributed by atoms with Gasteiger partial charge in [0, 0.05) is 31.2 Å². The van der Waals surface area contributed by atoms with Gasteiger partial charge in [-0.3, -0.25) is 4.79 Å². The highest BCUT2D eigenvalue weighted by atomic mass is 19.1. The molecule has 1 aliphatic rings. The molecule has 6 heteroatoms. The molecule has 1 N–H and O–H groups in total. The largest absolute Gasteiger partial charge is 0.359 e. The number of anilines is 1. The van der Waals surface area contributed by atoms with Crippen LogP contribution in [0.3, 0.4) is 0 Å². The molecule has 1 aliphatic heterocycles. The molecule has 0 saturated heterocycles. The first-order chi connectivity index (χ1) is 13.5. The number of carbonyl (C=O) groups excluding carboxylic acids is 1. The zero-order valence-corrected chi connectivity index (χ0v) is 16.0. The van der Waals surface area contributed by atoms with Crippen LogP contribution in [0.4, 0.5) is 10.1 Å². The van der Waals surface area contributed by atoms with Crippen LogP contribution in [0.25, 0.3) is 0 Å². The molecule has 1 aromatic heterocycles. The van der Waals surface area contributed by atoms with E-state index < -0.39 is 6.04 Å². The minimum atomic E-state index is -0.443. The lowest BCUT2D eigenvalue weighted by atomic mass is 10.1. The number of nitrogens with one attached hydrogen (secondary N) is 1. The van der Waals surface area contributed by atoms with Crippen molar-refractivity contribution in [2.45, 2.75) is 25.4 Å². The lowest BCUT2D eigenvalue weighted by Gasteiger charge is -2.26. The lowest BCUT2D eigenvalue weighted by Crippen LogP contribution is -2.42. The third-order valence-corrected chi connectivity index (χ3v) is 5.29. The predicted octanol–water partition coefficient (Wildman–Crippen LogP) is 3.22. The number of aromatic nitrogens is 2. The number of hydrogen-bond acceptors (Lipinski definition) is 3. The SMILES string of the molecule is C[C@@H]1Cc2ccccc2N1CC(=O)N[C@H](c1ccc(F)cc1)c1nccn1C. The maximum absolute atomic E-state index is 13.4. The Morgan fingerprint density at radius 2 is 2.00 bits per heavy atom. The molecule has 0 unspecified atom stereocenters. The number of imidazole rings is 1. The first-order valence-corrected chi connectivity index (χ1v) is 9.39. The van der Waals surface area contributed by atoms with Crippen molar-refractivity contribution in [1.82, 2.24) is 14.9 Å². The van der Waals surface area contributed by atoms with Crippen LogP contribution in [0.1, 0.15) is 29.9 Å². The Morgan fingerprint density at radius 3 is 2.71 bits per heavy atom. The smallest absolute Gasteiger partial charge is 0.240 e. The number of nitrogens with zero attached hydrogens (tertiary/aromatic N) is 3. The van der Waals surface area contributed by atoms with Crippen LogP contribution in [-0.4, -0.2) is 28.0 Å². The summed E-state index contributed by atoms with van der Waals surface area (Å²) in [7, 11) is 1.88. The van der Waals surface area contributed by atoms with Gasteiger partial charge in [0.15, 0.2) is 0 Å². The fourth-order valence-electron chi connectivity index (χ4n) is 3.84. The molecule has 4 rings (SSSR count). The van der Waals surface area contributed by atoms with E-state index in [1.165, 1.54) is 17.7 Å². The fourth-order valence-corrected chi connectivity index (χ4v) is 3.84. The van der Waals surface area contributed by atoms with Crippen molar-refractivity contribution in [3.8, 4) is 0 Å². The van der Waals surface area contributed by atoms with E-state index in [-0.39, 0.29) is 24.3 Å². The number of halogens is 1. The van der Waals surface area contributed by atoms with Crippen LogP contribution in [0.15, 0.2) is 60.9 Å². The van der Waals surface area contributed by atoms with Crippen LogP contribution >= 0.6 is 0 Å². The van der Waals surface area contributed by atoms with E-state index in [1.807, 2.05) is 29.9 Å². The first-order valence-electron chi connectivity index (χ1n) is 9.39. The highest BCUT2D eigenvalue weighted by Crippen LogP contribution is 2.31. The summed E-state index contributed by atoms with van der Waals surface area (Å²) >= 11 is 0. The van der Waals surface area contributed by atoms with Crippen LogP contribution in [0.2, 0.25) is 0 Å². The summed E-state index contributed by atoms with van der Waals surface area (Å²) in [6.07, 6.45) is 4.46. The van der Waals surface area contributed by atoms with Crippen molar-refractivity contribution >= 4 is 11.6 Å². The van der Waals surface area contributed by atoms with Crippen molar-refractivity contribution < 1.29 is 9.18 Å². The predicted molar refractivity (Wildman–Crippen MR) is 107 cm³/mol. The maximum atomic E-state index is 13.4. The number of aryl methyl sites for hydroxylation is 1. The normalized spacial score (nSPS) is 16.7. The molecule has 3 aromatic rings. The summed E-state index contributed by atoms with van der Waals surface area (Å²) < 4.78 is 15.2. The van der Waals surface area contributed by atoms with Gasteiger partial charge in [-0.1, -0.05) is 30.3 Å². The lowest BCUT2D eigenvalue weighted by molar-refractivity contribution is -0.120. The van der Waals surface area contributed by atoms with Crippen molar-refractivity contribution in [3.63, 3.8) is 0 Å². The van der Waals surface area contributed by atoms with Crippen molar-refractivity contribution in [1.29, 1.82) is 0 Å². The molecule has 0 radical (unpaired) electrons. The molecule has 0 spiro atoms. The molecule has 2 aromatic carbocycles. The van der Waals surface area contributed by atoms with Gasteiger partial charge in [0.1, 0.15) is 17.7 Å². The number of hydrogen-bond donors (Lipinski definition) is 1. The Morgan fingerprint density at radius 1 is 1.25 bits per heavy atom. The molecule has 1 amide bonds. The number of rotatable bonds is 5. The summed E-state index contributed by atoms with van der Waals surface area (Å²) in [4.78, 5) is 19.5. The van der Waals surface area contributed by atoms with E-state index in [0.717, 1.165) is 17.7 Å². The Labute approximate surface area is 163 Å². The van der Waals surface area contributed by atoms with E-state index in [1.54, 1.807) is 18.3 Å². The van der Waals surface area contributed by atoms with Crippen LogP contribution in [0.5, 0.6) is 0 Å². The third kappa shape index (κ3) is 3.50. The number of para-hydroxylation sites is 1. The summed E-state index contributed by atoms with van der Waals surface area (Å²) in [6, 6.07) is 14.2. The molecule has 5 nitrogen and oxygen atoms in total. The molecular weight excluding hydrogens is 355 g/mol. The van der Waals surface area contributed by atoms with E-state index in [0.29, 0.717) is 5.82 Å². The number of carbonyl (C=O) groups is 1. The molecule has 0 saturated carbocycles. The second-order valence-corrected chi connectivity index (χ2v) is 7.26. The molecule has 2 atom stereocenters. The second kappa shape index (κ2) is 7.46. The quantitative estimate of drug-likeness (QED) is 0.742. The van der Waals surface area contributed by atoms with Crippen molar-refractivity contribution in [3.05, 3.63) is 83.7 Å². The van der Waals surface area contributed by atoms with E-state index >= 15 is 0 Å². The second-order valence-electron chi connectivity index (χ2n) is 7.26.